The van der Waals surface area contributed by atoms with Crippen LogP contribution >= 0.6 is 25.3 Å². The number of hydrogen-bond acceptors (Lipinski definition) is 4. The zero-order chi connectivity index (χ0) is 7.56. The van der Waals surface area contributed by atoms with Crippen LogP contribution in [0.5, 0.6) is 0 Å². The summed E-state index contributed by atoms with van der Waals surface area (Å²) < 4.78 is 4.85. The molecule has 1 N–H and O–H groups in total. The van der Waals surface area contributed by atoms with Crippen LogP contribution in [0.2, 0.25) is 0 Å². The van der Waals surface area contributed by atoms with E-state index in [1.165, 1.54) is 0 Å². The van der Waals surface area contributed by atoms with Crippen molar-refractivity contribution in [3.8, 4) is 0 Å². The Kier molecular flexibility index (Phi) is 2.58. The van der Waals surface area contributed by atoms with E-state index >= 15 is 0 Å². The Bertz CT molecular complexity index is 224. The first-order valence-electron chi connectivity index (χ1n) is 2.43. The average Bonchev–Trinajstić information content (AvgIpc) is 2.20. The summed E-state index contributed by atoms with van der Waals surface area (Å²) in [7, 11) is 0. The largest absolute Gasteiger partial charge is 0.227 e. The van der Waals surface area contributed by atoms with Crippen LogP contribution in [0.3, 0.4) is 0 Å². The minimum Gasteiger partial charge on any atom is -0.227 e. The van der Waals surface area contributed by atoms with Crippen LogP contribution in [0, 0.1) is 0 Å². The van der Waals surface area contributed by atoms with Gasteiger partial charge in [-0.15, -0.1) is 25.3 Å². The van der Waals surface area contributed by atoms with E-state index in [1.807, 2.05) is 0 Å². The van der Waals surface area contributed by atoms with Crippen molar-refractivity contribution >= 4 is 37.7 Å². The molecular weight excluding hydrogens is 186 g/mol. The van der Waals surface area contributed by atoms with Crippen molar-refractivity contribution in [1.29, 1.82) is 0 Å². The number of thiol groups is 2. The zero-order valence-electron chi connectivity index (χ0n) is 4.85. The lowest BCUT2D eigenvalue weighted by atomic mass is 10.7. The molecule has 1 aromatic heterocycles. The monoisotopic (exact) mass is 191 g/mol. The van der Waals surface area contributed by atoms with Gasteiger partial charge >= 0.3 is 0 Å². The van der Waals surface area contributed by atoms with Crippen molar-refractivity contribution in [2.24, 2.45) is 4.47 Å². The number of hydrogen-bond donors (Lipinski definition) is 3. The Labute approximate surface area is 74.7 Å². The normalized spacial score (nSPS) is 9.40. The maximum atomic E-state index is 4.34. The minimum absolute atomic E-state index is 0.721. The molecule has 0 amide bonds. The van der Waals surface area contributed by atoms with E-state index in [-0.39, 0.29) is 0 Å². The Hall–Kier alpha value is -0.200. The molecule has 1 heterocycles. The summed E-state index contributed by atoms with van der Waals surface area (Å²) in [6.07, 6.45) is 0. The summed E-state index contributed by atoms with van der Waals surface area (Å²) in [5.74, 6) is 0. The molecule has 3 nitrogen and oxygen atoms in total. The molecule has 0 unspecified atom stereocenters. The summed E-state index contributed by atoms with van der Waals surface area (Å²) in [5, 5.41) is 1.44. The van der Waals surface area contributed by atoms with E-state index < -0.39 is 0 Å². The molecular formula is C4H5N3S3. The van der Waals surface area contributed by atoms with Gasteiger partial charge in [0.15, 0.2) is 0 Å². The SMILES string of the molecule is S=NNn1c(S)ccc1S. The molecule has 10 heavy (non-hydrogen) atoms. The molecule has 0 fully saturated rings. The van der Waals surface area contributed by atoms with Gasteiger partial charge < -0.3 is 0 Å². The minimum atomic E-state index is 0.721. The lowest BCUT2D eigenvalue weighted by Gasteiger charge is -2.02. The molecule has 6 heteroatoms. The molecule has 0 spiro atoms. The summed E-state index contributed by atoms with van der Waals surface area (Å²) in [4.78, 5) is 0. The van der Waals surface area contributed by atoms with Crippen LogP contribution in [0.15, 0.2) is 26.7 Å². The van der Waals surface area contributed by atoms with Gasteiger partial charge in [0.2, 0.25) is 0 Å². The molecule has 0 saturated carbocycles. The number of nitrogens with one attached hydrogen (secondary N) is 1. The van der Waals surface area contributed by atoms with E-state index in [4.69, 9.17) is 0 Å². The molecule has 1 rings (SSSR count). The maximum Gasteiger partial charge on any atom is 0.0953 e. The van der Waals surface area contributed by atoms with Crippen LogP contribution in [0.4, 0.5) is 0 Å². The summed E-state index contributed by atoms with van der Waals surface area (Å²) in [5.41, 5.74) is 2.53. The van der Waals surface area contributed by atoms with E-state index in [0.717, 1.165) is 10.1 Å². The van der Waals surface area contributed by atoms with Crippen molar-refractivity contribution < 1.29 is 0 Å². The fourth-order valence-electron chi connectivity index (χ4n) is 0.559. The highest BCUT2D eigenvalue weighted by molar-refractivity contribution is 7.81. The molecule has 0 saturated heterocycles. The quantitative estimate of drug-likeness (QED) is 0.485. The predicted octanol–water partition coefficient (Wildman–Crippen LogP) is 1.25. The summed E-state index contributed by atoms with van der Waals surface area (Å²) in [6.45, 7) is 0. The summed E-state index contributed by atoms with van der Waals surface area (Å²) in [6, 6.07) is 3.58. The van der Waals surface area contributed by atoms with Crippen molar-refractivity contribution in [2.45, 2.75) is 10.1 Å². The third-order valence-corrected chi connectivity index (χ3v) is 1.76. The van der Waals surface area contributed by atoms with Crippen LogP contribution < -0.4 is 5.53 Å². The van der Waals surface area contributed by atoms with Crippen molar-refractivity contribution in [1.82, 2.24) is 4.68 Å². The van der Waals surface area contributed by atoms with E-state index in [0.29, 0.717) is 0 Å². The van der Waals surface area contributed by atoms with Crippen LogP contribution in [0.1, 0.15) is 0 Å². The second-order valence-electron chi connectivity index (χ2n) is 1.58. The van der Waals surface area contributed by atoms with Gasteiger partial charge in [0.1, 0.15) is 0 Å². The molecule has 0 aromatic carbocycles. The fourth-order valence-corrected chi connectivity index (χ4v) is 1.17. The van der Waals surface area contributed by atoms with Crippen molar-refractivity contribution in [3.05, 3.63) is 12.1 Å². The second-order valence-corrected chi connectivity index (χ2v) is 2.68. The third-order valence-electron chi connectivity index (χ3n) is 0.980. The van der Waals surface area contributed by atoms with Gasteiger partial charge in [-0.3, -0.25) is 0 Å². The van der Waals surface area contributed by atoms with Gasteiger partial charge in [0, 0.05) is 0 Å². The lowest BCUT2D eigenvalue weighted by Crippen LogP contribution is -2.07. The van der Waals surface area contributed by atoms with Gasteiger partial charge in [-0.25, -0.2) is 10.2 Å². The Balaban J connectivity index is 2.97. The molecule has 0 radical (unpaired) electrons. The van der Waals surface area contributed by atoms with Gasteiger partial charge in [0.25, 0.3) is 0 Å². The van der Waals surface area contributed by atoms with Crippen molar-refractivity contribution in [2.75, 3.05) is 5.53 Å². The van der Waals surface area contributed by atoms with Gasteiger partial charge in [-0.2, -0.15) is 0 Å². The number of nitrogens with zero attached hydrogens (tertiary/aromatic N) is 2. The van der Waals surface area contributed by atoms with Crippen LogP contribution in [-0.2, 0) is 12.4 Å². The standard InChI is InChI=1S/C4H5N3S3/c8-3-1-2-4(9)7(3)5-6-10/h1-2,8-9H,(H,5,10). The maximum absolute atomic E-state index is 4.34. The molecule has 0 aliphatic rings. The molecule has 1 aromatic rings. The Morgan fingerprint density at radius 2 is 1.90 bits per heavy atom. The van der Waals surface area contributed by atoms with Crippen LogP contribution in [0.25, 0.3) is 0 Å². The topological polar surface area (TPSA) is 29.3 Å². The van der Waals surface area contributed by atoms with Gasteiger partial charge in [-0.1, -0.05) is 4.47 Å². The van der Waals surface area contributed by atoms with Gasteiger partial charge in [-0.05, 0) is 12.1 Å². The Morgan fingerprint density at radius 3 is 2.30 bits per heavy atom. The predicted molar refractivity (Wildman–Crippen MR) is 48.1 cm³/mol. The molecule has 0 aliphatic carbocycles. The third kappa shape index (κ3) is 1.44. The first-order valence-corrected chi connectivity index (χ1v) is 3.69. The highest BCUT2D eigenvalue weighted by atomic mass is 32.1. The number of aromatic nitrogens is 1. The first-order chi connectivity index (χ1) is 4.75. The highest BCUT2D eigenvalue weighted by Gasteiger charge is 1.98. The Morgan fingerprint density at radius 1 is 1.40 bits per heavy atom. The number of rotatable bonds is 2. The zero-order valence-corrected chi connectivity index (χ0v) is 7.46. The first kappa shape index (κ1) is 7.90. The summed E-state index contributed by atoms with van der Waals surface area (Å²) >= 11 is 12.5. The van der Waals surface area contributed by atoms with E-state index in [9.17, 15) is 0 Å². The van der Waals surface area contributed by atoms with Crippen molar-refractivity contribution in [3.63, 3.8) is 0 Å². The van der Waals surface area contributed by atoms with E-state index in [2.05, 4.69) is 47.7 Å². The van der Waals surface area contributed by atoms with Crippen LogP contribution in [-0.4, -0.2) is 4.68 Å². The second kappa shape index (κ2) is 3.27. The molecule has 54 valence electrons. The molecule has 0 atom stereocenters. The highest BCUT2D eigenvalue weighted by Crippen LogP contribution is 2.13. The van der Waals surface area contributed by atoms with Gasteiger partial charge in [0.05, 0.1) is 22.5 Å². The van der Waals surface area contributed by atoms with E-state index in [1.54, 1.807) is 16.8 Å². The smallest absolute Gasteiger partial charge is 0.0953 e. The average molecular weight is 191 g/mol. The molecule has 0 aliphatic heterocycles. The fraction of sp³-hybridized carbons (Fsp3) is 0. The molecule has 0 bridgehead atoms. The lowest BCUT2D eigenvalue weighted by molar-refractivity contribution is 0.748.